The van der Waals surface area contributed by atoms with Crippen LogP contribution in [-0.2, 0) is 9.59 Å². The minimum Gasteiger partial charge on any atom is -0.497 e. The van der Waals surface area contributed by atoms with Crippen molar-refractivity contribution in [1.29, 1.82) is 0 Å². The van der Waals surface area contributed by atoms with E-state index in [1.165, 1.54) is 18.8 Å². The van der Waals surface area contributed by atoms with Crippen LogP contribution in [0.15, 0.2) is 29.4 Å². The molecule has 0 saturated heterocycles. The molecular formula is C17H23N5O3S. The fourth-order valence-electron chi connectivity index (χ4n) is 2.23. The smallest absolute Gasteiger partial charge is 0.239 e. The molecule has 1 aromatic carbocycles. The first-order chi connectivity index (χ1) is 12.5. The number of likely N-dealkylation sites (N-methyl/N-ethyl adjacent to an activating group) is 1. The second-order valence-electron chi connectivity index (χ2n) is 5.74. The zero-order valence-electron chi connectivity index (χ0n) is 15.3. The number of nitrogens with one attached hydrogen (secondary N) is 2. The minimum atomic E-state index is -0.240. The molecule has 2 rings (SSSR count). The average molecular weight is 377 g/mol. The van der Waals surface area contributed by atoms with Gasteiger partial charge in [0.2, 0.25) is 11.8 Å². The highest BCUT2D eigenvalue weighted by molar-refractivity contribution is 7.99. The van der Waals surface area contributed by atoms with Gasteiger partial charge in [0.15, 0.2) is 11.0 Å². The van der Waals surface area contributed by atoms with Crippen molar-refractivity contribution in [2.75, 3.05) is 26.5 Å². The van der Waals surface area contributed by atoms with Gasteiger partial charge in [-0.3, -0.25) is 14.2 Å². The first-order valence-corrected chi connectivity index (χ1v) is 9.14. The van der Waals surface area contributed by atoms with E-state index in [9.17, 15) is 9.59 Å². The molecule has 0 bridgehead atoms. The van der Waals surface area contributed by atoms with Crippen molar-refractivity contribution in [3.63, 3.8) is 0 Å². The van der Waals surface area contributed by atoms with Gasteiger partial charge in [-0.05, 0) is 38.1 Å². The molecule has 140 valence electrons. The molecule has 0 spiro atoms. The summed E-state index contributed by atoms with van der Waals surface area (Å²) in [5.74, 6) is 1.19. The van der Waals surface area contributed by atoms with Gasteiger partial charge in [0.25, 0.3) is 0 Å². The van der Waals surface area contributed by atoms with Crippen LogP contribution in [-0.4, -0.2) is 53.0 Å². The lowest BCUT2D eigenvalue weighted by Crippen LogP contribution is -2.36. The summed E-state index contributed by atoms with van der Waals surface area (Å²) in [4.78, 5) is 23.1. The van der Waals surface area contributed by atoms with Crippen LogP contribution >= 0.6 is 11.8 Å². The van der Waals surface area contributed by atoms with Crippen molar-refractivity contribution >= 4 is 23.6 Å². The van der Waals surface area contributed by atoms with E-state index >= 15 is 0 Å². The molecule has 2 amide bonds. The molecule has 0 fully saturated rings. The second-order valence-corrected chi connectivity index (χ2v) is 6.68. The van der Waals surface area contributed by atoms with E-state index in [4.69, 9.17) is 4.74 Å². The monoisotopic (exact) mass is 377 g/mol. The van der Waals surface area contributed by atoms with Gasteiger partial charge in [-0.1, -0.05) is 11.8 Å². The molecule has 2 aromatic rings. The van der Waals surface area contributed by atoms with E-state index in [0.29, 0.717) is 5.16 Å². The van der Waals surface area contributed by atoms with Gasteiger partial charge >= 0.3 is 0 Å². The SMILES string of the molecule is CNC(=O)CNC(=O)CSc1nnc(-c2ccc(OC)cc2)n1C(C)C. The molecule has 0 aliphatic carbocycles. The summed E-state index contributed by atoms with van der Waals surface area (Å²) < 4.78 is 7.17. The standard InChI is InChI=1S/C17H23N5O3S/c1-11(2)22-16(12-5-7-13(25-4)8-6-12)20-21-17(22)26-10-15(24)19-9-14(23)18-3/h5-8,11H,9-10H2,1-4H3,(H,18,23)(H,19,24). The Balaban J connectivity index is 2.11. The zero-order valence-corrected chi connectivity index (χ0v) is 16.1. The number of amides is 2. The first kappa shape index (κ1) is 19.8. The molecule has 0 saturated carbocycles. The third-order valence-electron chi connectivity index (χ3n) is 3.59. The lowest BCUT2D eigenvalue weighted by Gasteiger charge is -2.14. The quantitative estimate of drug-likeness (QED) is 0.677. The Hall–Kier alpha value is -2.55. The van der Waals surface area contributed by atoms with Gasteiger partial charge in [0.05, 0.1) is 19.4 Å². The van der Waals surface area contributed by atoms with Crippen molar-refractivity contribution in [2.24, 2.45) is 0 Å². The van der Waals surface area contributed by atoms with Crippen molar-refractivity contribution in [2.45, 2.75) is 25.0 Å². The zero-order chi connectivity index (χ0) is 19.1. The number of ether oxygens (including phenoxy) is 1. The van der Waals surface area contributed by atoms with Gasteiger partial charge in [-0.15, -0.1) is 10.2 Å². The summed E-state index contributed by atoms with van der Waals surface area (Å²) in [5.41, 5.74) is 0.919. The molecule has 1 heterocycles. The first-order valence-electron chi connectivity index (χ1n) is 8.15. The number of carbonyl (C=O) groups excluding carboxylic acids is 2. The highest BCUT2D eigenvalue weighted by Gasteiger charge is 2.18. The maximum atomic E-state index is 11.9. The number of nitrogens with zero attached hydrogens (tertiary/aromatic N) is 3. The highest BCUT2D eigenvalue weighted by Crippen LogP contribution is 2.28. The van der Waals surface area contributed by atoms with E-state index in [2.05, 4.69) is 20.8 Å². The number of carbonyl (C=O) groups is 2. The normalized spacial score (nSPS) is 10.7. The molecule has 9 heteroatoms. The van der Waals surface area contributed by atoms with Gasteiger partial charge in [-0.2, -0.15) is 0 Å². The van der Waals surface area contributed by atoms with Crippen LogP contribution in [0.3, 0.4) is 0 Å². The Bertz CT molecular complexity index is 758. The van der Waals surface area contributed by atoms with E-state index in [-0.39, 0.29) is 30.2 Å². The molecule has 26 heavy (non-hydrogen) atoms. The lowest BCUT2D eigenvalue weighted by molar-refractivity contribution is -0.124. The van der Waals surface area contributed by atoms with E-state index in [0.717, 1.165) is 17.1 Å². The summed E-state index contributed by atoms with van der Waals surface area (Å²) >= 11 is 1.29. The largest absolute Gasteiger partial charge is 0.497 e. The molecule has 0 radical (unpaired) electrons. The number of rotatable bonds is 8. The van der Waals surface area contributed by atoms with Crippen LogP contribution in [0.4, 0.5) is 0 Å². The summed E-state index contributed by atoms with van der Waals surface area (Å²) in [6.45, 7) is 4.03. The predicted molar refractivity (Wildman–Crippen MR) is 100 cm³/mol. The summed E-state index contributed by atoms with van der Waals surface area (Å²) in [6, 6.07) is 7.71. The number of aromatic nitrogens is 3. The predicted octanol–water partition coefficient (Wildman–Crippen LogP) is 1.49. The Morgan fingerprint density at radius 2 is 1.88 bits per heavy atom. The Morgan fingerprint density at radius 1 is 1.19 bits per heavy atom. The molecule has 0 atom stereocenters. The van der Waals surface area contributed by atoms with E-state index < -0.39 is 0 Å². The third-order valence-corrected chi connectivity index (χ3v) is 4.53. The highest BCUT2D eigenvalue weighted by atomic mass is 32.2. The van der Waals surface area contributed by atoms with Crippen molar-refractivity contribution in [3.05, 3.63) is 24.3 Å². The third kappa shape index (κ3) is 4.98. The lowest BCUT2D eigenvalue weighted by atomic mass is 10.2. The molecule has 0 aliphatic rings. The molecular weight excluding hydrogens is 354 g/mol. The van der Waals surface area contributed by atoms with Crippen molar-refractivity contribution in [1.82, 2.24) is 25.4 Å². The van der Waals surface area contributed by atoms with Crippen LogP contribution < -0.4 is 15.4 Å². The number of hydrogen-bond donors (Lipinski definition) is 2. The number of benzene rings is 1. The maximum Gasteiger partial charge on any atom is 0.239 e. The maximum absolute atomic E-state index is 11.9. The van der Waals surface area contributed by atoms with Crippen molar-refractivity contribution in [3.8, 4) is 17.1 Å². The van der Waals surface area contributed by atoms with Crippen LogP contribution in [0, 0.1) is 0 Å². The number of hydrogen-bond acceptors (Lipinski definition) is 6. The Morgan fingerprint density at radius 3 is 2.46 bits per heavy atom. The van der Waals surface area contributed by atoms with Crippen LogP contribution in [0.5, 0.6) is 5.75 Å². The molecule has 1 aromatic heterocycles. The molecule has 2 N–H and O–H groups in total. The van der Waals surface area contributed by atoms with Crippen LogP contribution in [0.2, 0.25) is 0 Å². The summed E-state index contributed by atoms with van der Waals surface area (Å²) in [6.07, 6.45) is 0. The molecule has 0 aliphatic heterocycles. The summed E-state index contributed by atoms with van der Waals surface area (Å²) in [5, 5.41) is 14.2. The van der Waals surface area contributed by atoms with Crippen molar-refractivity contribution < 1.29 is 14.3 Å². The fraction of sp³-hybridized carbons (Fsp3) is 0.412. The van der Waals surface area contributed by atoms with Gasteiger partial charge in [0, 0.05) is 18.7 Å². The van der Waals surface area contributed by atoms with E-state index in [1.54, 1.807) is 7.11 Å². The van der Waals surface area contributed by atoms with Crippen LogP contribution in [0.1, 0.15) is 19.9 Å². The van der Waals surface area contributed by atoms with Crippen LogP contribution in [0.25, 0.3) is 11.4 Å². The number of thioether (sulfide) groups is 1. The fourth-order valence-corrected chi connectivity index (χ4v) is 3.12. The average Bonchev–Trinajstić information content (AvgIpc) is 3.08. The van der Waals surface area contributed by atoms with Gasteiger partial charge in [-0.25, -0.2) is 0 Å². The van der Waals surface area contributed by atoms with Gasteiger partial charge in [0.1, 0.15) is 5.75 Å². The molecule has 8 nitrogen and oxygen atoms in total. The van der Waals surface area contributed by atoms with E-state index in [1.807, 2.05) is 42.7 Å². The molecule has 0 unspecified atom stereocenters. The Kier molecular flexibility index (Phi) is 7.02. The summed E-state index contributed by atoms with van der Waals surface area (Å²) in [7, 11) is 3.14. The number of methoxy groups -OCH3 is 1. The topological polar surface area (TPSA) is 98.1 Å². The van der Waals surface area contributed by atoms with Gasteiger partial charge < -0.3 is 15.4 Å². The minimum absolute atomic E-state index is 0.0378. The Labute approximate surface area is 156 Å². The second kappa shape index (κ2) is 9.23.